The Morgan fingerprint density at radius 2 is 2.19 bits per heavy atom. The maximum atomic E-state index is 12.1. The average Bonchev–Trinajstić information content (AvgIpc) is 2.44. The van der Waals surface area contributed by atoms with Crippen LogP contribution in [-0.2, 0) is 4.79 Å². The Labute approximate surface area is 126 Å². The molecular weight excluding hydrogens is 300 g/mol. The van der Waals surface area contributed by atoms with Gasteiger partial charge in [-0.3, -0.25) is 19.7 Å². The number of carbonyl (C=O) groups excluding carboxylic acids is 2. The van der Waals surface area contributed by atoms with Gasteiger partial charge in [-0.05, 0) is 19.9 Å². The van der Waals surface area contributed by atoms with Crippen LogP contribution in [0.3, 0.4) is 0 Å². The normalized spacial score (nSPS) is 11.6. The molecule has 1 aromatic heterocycles. The Morgan fingerprint density at radius 3 is 2.71 bits per heavy atom. The molecule has 0 aliphatic rings. The highest BCUT2D eigenvalue weighted by atomic mass is 35.5. The van der Waals surface area contributed by atoms with E-state index in [1.807, 2.05) is 0 Å². The van der Waals surface area contributed by atoms with Crippen molar-refractivity contribution in [2.24, 2.45) is 0 Å². The number of hydrogen-bond acceptors (Lipinski definition) is 5. The Hall–Kier alpha value is -2.22. The van der Waals surface area contributed by atoms with E-state index in [1.165, 1.54) is 11.8 Å². The van der Waals surface area contributed by atoms with E-state index in [0.29, 0.717) is 6.54 Å². The summed E-state index contributed by atoms with van der Waals surface area (Å²) in [6, 6.07) is 0.282. The molecule has 0 saturated heterocycles. The maximum Gasteiger partial charge on any atom is 0.300 e. The Kier molecular flexibility index (Phi) is 5.60. The molecule has 1 atom stereocenters. The first kappa shape index (κ1) is 16.8. The fourth-order valence-corrected chi connectivity index (χ4v) is 1.73. The minimum absolute atomic E-state index is 0.0459. The molecule has 1 heterocycles. The molecule has 1 unspecified atom stereocenters. The number of likely N-dealkylation sites (N-methyl/N-ethyl adjacent to an activating group) is 1. The van der Waals surface area contributed by atoms with Gasteiger partial charge in [-0.15, -0.1) is 0 Å². The molecule has 0 saturated carbocycles. The lowest BCUT2D eigenvalue weighted by atomic mass is 10.2. The summed E-state index contributed by atoms with van der Waals surface area (Å²) in [4.78, 5) is 39.1. The molecule has 1 aromatic rings. The lowest BCUT2D eigenvalue weighted by Gasteiger charge is -2.20. The van der Waals surface area contributed by atoms with Gasteiger partial charge in [0.05, 0.1) is 4.92 Å². The van der Waals surface area contributed by atoms with E-state index in [2.05, 4.69) is 10.3 Å². The lowest BCUT2D eigenvalue weighted by molar-refractivity contribution is -0.385. The summed E-state index contributed by atoms with van der Waals surface area (Å²) in [5.74, 6) is -1.05. The van der Waals surface area contributed by atoms with Crippen LogP contribution in [0.25, 0.3) is 0 Å². The van der Waals surface area contributed by atoms with E-state index >= 15 is 0 Å². The maximum absolute atomic E-state index is 12.1. The third-order valence-corrected chi connectivity index (χ3v) is 3.07. The van der Waals surface area contributed by atoms with E-state index in [0.717, 1.165) is 12.3 Å². The van der Waals surface area contributed by atoms with Gasteiger partial charge in [0.15, 0.2) is 0 Å². The topological polar surface area (TPSA) is 105 Å². The van der Waals surface area contributed by atoms with E-state index in [9.17, 15) is 19.7 Å². The van der Waals surface area contributed by atoms with Gasteiger partial charge in [0, 0.05) is 13.6 Å². The fraction of sp³-hybridized carbons (Fsp3) is 0.417. The molecule has 1 N–H and O–H groups in total. The van der Waals surface area contributed by atoms with Crippen molar-refractivity contribution in [2.75, 3.05) is 13.6 Å². The van der Waals surface area contributed by atoms with Crippen LogP contribution in [-0.4, -0.2) is 46.3 Å². The van der Waals surface area contributed by atoms with Crippen LogP contribution in [0.15, 0.2) is 12.3 Å². The third-order valence-electron chi connectivity index (χ3n) is 2.86. The highest BCUT2D eigenvalue weighted by Gasteiger charge is 2.25. The van der Waals surface area contributed by atoms with Crippen LogP contribution < -0.4 is 5.32 Å². The van der Waals surface area contributed by atoms with E-state index in [4.69, 9.17) is 11.6 Å². The lowest BCUT2D eigenvalue weighted by Crippen LogP contribution is -2.45. The second kappa shape index (κ2) is 6.98. The number of carbonyl (C=O) groups is 2. The highest BCUT2D eigenvalue weighted by Crippen LogP contribution is 2.20. The van der Waals surface area contributed by atoms with Gasteiger partial charge in [0.1, 0.15) is 23.0 Å². The number of nitro groups is 1. The van der Waals surface area contributed by atoms with Crippen molar-refractivity contribution in [3.63, 3.8) is 0 Å². The van der Waals surface area contributed by atoms with E-state index in [1.54, 1.807) is 14.0 Å². The minimum Gasteiger partial charge on any atom is -0.344 e. The summed E-state index contributed by atoms with van der Waals surface area (Å²) in [7, 11) is 1.59. The summed E-state index contributed by atoms with van der Waals surface area (Å²) in [6.07, 6.45) is 0.905. The summed E-state index contributed by atoms with van der Waals surface area (Å²) in [6.45, 7) is 3.78. The summed E-state index contributed by atoms with van der Waals surface area (Å²) < 4.78 is 0. The molecule has 0 aromatic carbocycles. The van der Waals surface area contributed by atoms with Crippen LogP contribution in [0.1, 0.15) is 24.2 Å². The van der Waals surface area contributed by atoms with E-state index < -0.39 is 22.6 Å². The number of hydrogen-bond donors (Lipinski definition) is 1. The predicted molar refractivity (Wildman–Crippen MR) is 76.1 cm³/mol. The molecule has 0 fully saturated rings. The van der Waals surface area contributed by atoms with Crippen molar-refractivity contribution >= 4 is 29.1 Å². The number of amides is 2. The SMILES string of the molecule is CCN(C)C(=O)C(C)NC(=O)c1cc(Cl)ncc1[N+](=O)[O-]. The Bertz CT molecular complexity index is 578. The number of nitrogens with zero attached hydrogens (tertiary/aromatic N) is 3. The summed E-state index contributed by atoms with van der Waals surface area (Å²) >= 11 is 5.65. The standard InChI is InChI=1S/C12H15ClN4O4/c1-4-16(3)12(19)7(2)15-11(18)8-5-10(13)14-6-9(8)17(20)21/h5-7H,4H2,1-3H3,(H,15,18). The second-order valence-corrected chi connectivity index (χ2v) is 4.72. The first-order chi connectivity index (χ1) is 9.77. The molecule has 8 nitrogen and oxygen atoms in total. The van der Waals surface area contributed by atoms with Gasteiger partial charge < -0.3 is 10.2 Å². The second-order valence-electron chi connectivity index (χ2n) is 4.33. The van der Waals surface area contributed by atoms with Crippen LogP contribution in [0.5, 0.6) is 0 Å². The monoisotopic (exact) mass is 314 g/mol. The minimum atomic E-state index is -0.811. The molecule has 0 spiro atoms. The molecule has 114 valence electrons. The fourth-order valence-electron chi connectivity index (χ4n) is 1.57. The summed E-state index contributed by atoms with van der Waals surface area (Å²) in [5.41, 5.74) is -0.709. The average molecular weight is 315 g/mol. The quantitative estimate of drug-likeness (QED) is 0.500. The van der Waals surface area contributed by atoms with Crippen LogP contribution in [0, 0.1) is 10.1 Å². The smallest absolute Gasteiger partial charge is 0.300 e. The number of aromatic nitrogens is 1. The van der Waals surface area contributed by atoms with Crippen LogP contribution in [0.4, 0.5) is 5.69 Å². The zero-order chi connectivity index (χ0) is 16.2. The van der Waals surface area contributed by atoms with Gasteiger partial charge in [-0.2, -0.15) is 0 Å². The van der Waals surface area contributed by atoms with E-state index in [-0.39, 0.29) is 16.6 Å². The van der Waals surface area contributed by atoms with Crippen LogP contribution in [0.2, 0.25) is 5.15 Å². The molecule has 21 heavy (non-hydrogen) atoms. The largest absolute Gasteiger partial charge is 0.344 e. The number of rotatable bonds is 5. The molecule has 0 radical (unpaired) electrons. The van der Waals surface area contributed by atoms with Crippen molar-refractivity contribution < 1.29 is 14.5 Å². The van der Waals surface area contributed by atoms with Crippen molar-refractivity contribution in [1.29, 1.82) is 0 Å². The predicted octanol–water partition coefficient (Wildman–Crippen LogP) is 1.24. The zero-order valence-electron chi connectivity index (χ0n) is 11.8. The molecule has 0 aliphatic carbocycles. The molecular formula is C12H15ClN4O4. The van der Waals surface area contributed by atoms with Gasteiger partial charge in [-0.1, -0.05) is 11.6 Å². The molecule has 1 rings (SSSR count). The zero-order valence-corrected chi connectivity index (χ0v) is 12.5. The number of halogens is 1. The number of pyridine rings is 1. The van der Waals surface area contributed by atoms with Crippen molar-refractivity contribution in [3.8, 4) is 0 Å². The van der Waals surface area contributed by atoms with Crippen molar-refractivity contribution in [1.82, 2.24) is 15.2 Å². The highest BCUT2D eigenvalue weighted by molar-refractivity contribution is 6.29. The summed E-state index contributed by atoms with van der Waals surface area (Å²) in [5, 5.41) is 13.2. The van der Waals surface area contributed by atoms with Gasteiger partial charge >= 0.3 is 0 Å². The van der Waals surface area contributed by atoms with Gasteiger partial charge in [0.25, 0.3) is 11.6 Å². The molecule has 0 bridgehead atoms. The van der Waals surface area contributed by atoms with Crippen LogP contribution >= 0.6 is 11.6 Å². The first-order valence-corrected chi connectivity index (χ1v) is 6.51. The molecule has 0 aliphatic heterocycles. The third kappa shape index (κ3) is 4.12. The molecule has 9 heteroatoms. The molecule has 2 amide bonds. The van der Waals surface area contributed by atoms with Crippen molar-refractivity contribution in [3.05, 3.63) is 33.1 Å². The van der Waals surface area contributed by atoms with Gasteiger partial charge in [-0.25, -0.2) is 4.98 Å². The van der Waals surface area contributed by atoms with Gasteiger partial charge in [0.2, 0.25) is 5.91 Å². The number of nitrogens with one attached hydrogen (secondary N) is 1. The van der Waals surface area contributed by atoms with Crippen molar-refractivity contribution in [2.45, 2.75) is 19.9 Å². The first-order valence-electron chi connectivity index (χ1n) is 6.13. The Balaban J connectivity index is 2.97. The Morgan fingerprint density at radius 1 is 1.57 bits per heavy atom.